The number of carbonyl (C=O) groups is 2. The fourth-order valence-corrected chi connectivity index (χ4v) is 3.07. The van der Waals surface area contributed by atoms with E-state index in [1.54, 1.807) is 24.3 Å². The van der Waals surface area contributed by atoms with E-state index in [1.807, 2.05) is 36.1 Å². The van der Waals surface area contributed by atoms with Gasteiger partial charge in [0.05, 0.1) is 0 Å². The molecule has 3 rings (SSSR count). The number of amides is 2. The minimum absolute atomic E-state index is 0.0535. The van der Waals surface area contributed by atoms with E-state index < -0.39 is 0 Å². The van der Waals surface area contributed by atoms with Crippen LogP contribution in [0.25, 0.3) is 0 Å². The van der Waals surface area contributed by atoms with Gasteiger partial charge in [-0.05, 0) is 61.6 Å². The van der Waals surface area contributed by atoms with E-state index in [2.05, 4.69) is 12.2 Å². The normalized spacial score (nSPS) is 15.0. The molecular formula is C21H24N2O2. The Morgan fingerprint density at radius 1 is 0.960 bits per heavy atom. The molecule has 2 amide bonds. The van der Waals surface area contributed by atoms with Gasteiger partial charge in [-0.25, -0.2) is 0 Å². The molecule has 4 heteroatoms. The van der Waals surface area contributed by atoms with Crippen LogP contribution >= 0.6 is 0 Å². The Hall–Kier alpha value is -2.62. The number of benzene rings is 2. The molecule has 0 radical (unpaired) electrons. The quantitative estimate of drug-likeness (QED) is 0.916. The van der Waals surface area contributed by atoms with Gasteiger partial charge in [-0.2, -0.15) is 0 Å². The lowest BCUT2D eigenvalue weighted by Gasteiger charge is -2.30. The molecule has 0 aliphatic carbocycles. The number of anilines is 1. The highest BCUT2D eigenvalue weighted by Gasteiger charge is 2.21. The van der Waals surface area contributed by atoms with Gasteiger partial charge < -0.3 is 10.2 Å². The largest absolute Gasteiger partial charge is 0.339 e. The summed E-state index contributed by atoms with van der Waals surface area (Å²) in [6, 6.07) is 14.6. The minimum Gasteiger partial charge on any atom is -0.339 e. The molecule has 0 unspecified atom stereocenters. The third-order valence-electron chi connectivity index (χ3n) is 4.86. The average molecular weight is 336 g/mol. The van der Waals surface area contributed by atoms with Crippen molar-refractivity contribution in [3.63, 3.8) is 0 Å². The van der Waals surface area contributed by atoms with Crippen molar-refractivity contribution in [1.29, 1.82) is 0 Å². The predicted molar refractivity (Wildman–Crippen MR) is 99.9 cm³/mol. The van der Waals surface area contributed by atoms with E-state index >= 15 is 0 Å². The first-order valence-electron chi connectivity index (χ1n) is 8.81. The number of aryl methyl sites for hydroxylation is 1. The van der Waals surface area contributed by atoms with Crippen molar-refractivity contribution in [2.24, 2.45) is 5.92 Å². The van der Waals surface area contributed by atoms with Crippen molar-refractivity contribution in [1.82, 2.24) is 4.90 Å². The van der Waals surface area contributed by atoms with Crippen LogP contribution in [0.3, 0.4) is 0 Å². The summed E-state index contributed by atoms with van der Waals surface area (Å²) in [5, 5.41) is 2.91. The van der Waals surface area contributed by atoms with E-state index in [-0.39, 0.29) is 11.8 Å². The molecule has 0 bridgehead atoms. The van der Waals surface area contributed by atoms with Crippen LogP contribution in [0, 0.1) is 12.8 Å². The Bertz CT molecular complexity index is 760. The molecule has 0 spiro atoms. The van der Waals surface area contributed by atoms with Crippen LogP contribution in [0.1, 0.15) is 46.0 Å². The second-order valence-corrected chi connectivity index (χ2v) is 6.82. The van der Waals surface area contributed by atoms with E-state index in [4.69, 9.17) is 0 Å². The second kappa shape index (κ2) is 7.51. The maximum atomic E-state index is 12.5. The van der Waals surface area contributed by atoms with Crippen molar-refractivity contribution >= 4 is 17.5 Å². The fraction of sp³-hybridized carbons (Fsp3) is 0.333. The SMILES string of the molecule is Cc1ccccc1NC(=O)c1ccc(C(=O)N2CCC(C)CC2)cc1. The second-order valence-electron chi connectivity index (χ2n) is 6.82. The smallest absolute Gasteiger partial charge is 0.255 e. The van der Waals surface area contributed by atoms with Crippen molar-refractivity contribution in [3.8, 4) is 0 Å². The number of likely N-dealkylation sites (tertiary alicyclic amines) is 1. The van der Waals surface area contributed by atoms with E-state index in [0.717, 1.165) is 37.2 Å². The summed E-state index contributed by atoms with van der Waals surface area (Å²) in [6.45, 7) is 5.81. The predicted octanol–water partition coefficient (Wildman–Crippen LogP) is 4.12. The van der Waals surface area contributed by atoms with Gasteiger partial charge in [-0.1, -0.05) is 25.1 Å². The molecule has 1 N–H and O–H groups in total. The van der Waals surface area contributed by atoms with E-state index in [1.165, 1.54) is 0 Å². The highest BCUT2D eigenvalue weighted by molar-refractivity contribution is 6.05. The third kappa shape index (κ3) is 4.08. The van der Waals surface area contributed by atoms with Crippen LogP contribution in [-0.2, 0) is 0 Å². The first-order chi connectivity index (χ1) is 12.0. The summed E-state index contributed by atoms with van der Waals surface area (Å²) in [7, 11) is 0. The molecule has 2 aromatic rings. The lowest BCUT2D eigenvalue weighted by atomic mass is 9.98. The van der Waals surface area contributed by atoms with E-state index in [0.29, 0.717) is 17.0 Å². The fourth-order valence-electron chi connectivity index (χ4n) is 3.07. The minimum atomic E-state index is -0.167. The van der Waals surface area contributed by atoms with Crippen LogP contribution in [0.15, 0.2) is 48.5 Å². The summed E-state index contributed by atoms with van der Waals surface area (Å²) in [5.74, 6) is 0.578. The Balaban J connectivity index is 1.66. The molecule has 1 heterocycles. The number of hydrogen-bond acceptors (Lipinski definition) is 2. The molecule has 0 saturated carbocycles. The zero-order valence-electron chi connectivity index (χ0n) is 14.8. The van der Waals surface area contributed by atoms with Crippen LogP contribution < -0.4 is 5.32 Å². The standard InChI is InChI=1S/C21H24N2O2/c1-15-11-13-23(14-12-15)21(25)18-9-7-17(8-10-18)20(24)22-19-6-4-3-5-16(19)2/h3-10,15H,11-14H2,1-2H3,(H,22,24). The van der Waals surface area contributed by atoms with Crippen molar-refractivity contribution in [2.45, 2.75) is 26.7 Å². The van der Waals surface area contributed by atoms with Gasteiger partial charge in [0.25, 0.3) is 11.8 Å². The number of rotatable bonds is 3. The summed E-state index contributed by atoms with van der Waals surface area (Å²) < 4.78 is 0. The van der Waals surface area contributed by atoms with Gasteiger partial charge in [-0.15, -0.1) is 0 Å². The molecule has 25 heavy (non-hydrogen) atoms. The first kappa shape index (κ1) is 17.2. The van der Waals surface area contributed by atoms with Gasteiger partial charge in [-0.3, -0.25) is 9.59 Å². The lowest BCUT2D eigenvalue weighted by Crippen LogP contribution is -2.37. The molecule has 1 aliphatic rings. The molecule has 0 aromatic heterocycles. The molecule has 4 nitrogen and oxygen atoms in total. The number of nitrogens with one attached hydrogen (secondary N) is 1. The molecule has 1 aliphatic heterocycles. The highest BCUT2D eigenvalue weighted by atomic mass is 16.2. The van der Waals surface area contributed by atoms with Crippen molar-refractivity contribution in [3.05, 3.63) is 65.2 Å². The molecule has 0 atom stereocenters. The van der Waals surface area contributed by atoms with Gasteiger partial charge in [0.1, 0.15) is 0 Å². The molecule has 2 aromatic carbocycles. The summed E-state index contributed by atoms with van der Waals surface area (Å²) in [6.07, 6.45) is 2.12. The van der Waals surface area contributed by atoms with Crippen molar-refractivity contribution < 1.29 is 9.59 Å². The monoisotopic (exact) mass is 336 g/mol. The molecule has 1 fully saturated rings. The van der Waals surface area contributed by atoms with E-state index in [9.17, 15) is 9.59 Å². The van der Waals surface area contributed by atoms with Crippen LogP contribution in [0.5, 0.6) is 0 Å². The Kier molecular flexibility index (Phi) is 5.17. The molecular weight excluding hydrogens is 312 g/mol. The first-order valence-corrected chi connectivity index (χ1v) is 8.81. The summed E-state index contributed by atoms with van der Waals surface area (Å²) >= 11 is 0. The number of nitrogens with zero attached hydrogens (tertiary/aromatic N) is 1. The topological polar surface area (TPSA) is 49.4 Å². The molecule has 1 saturated heterocycles. The summed E-state index contributed by atoms with van der Waals surface area (Å²) in [4.78, 5) is 26.8. The molecule has 130 valence electrons. The lowest BCUT2D eigenvalue weighted by molar-refractivity contribution is 0.0697. The Morgan fingerprint density at radius 3 is 2.20 bits per heavy atom. The number of piperidine rings is 1. The Morgan fingerprint density at radius 2 is 1.56 bits per heavy atom. The van der Waals surface area contributed by atoms with Gasteiger partial charge in [0, 0.05) is 29.9 Å². The maximum absolute atomic E-state index is 12.5. The number of carbonyl (C=O) groups excluding carboxylic acids is 2. The third-order valence-corrected chi connectivity index (χ3v) is 4.86. The maximum Gasteiger partial charge on any atom is 0.255 e. The van der Waals surface area contributed by atoms with Crippen LogP contribution in [0.2, 0.25) is 0 Å². The highest BCUT2D eigenvalue weighted by Crippen LogP contribution is 2.19. The van der Waals surface area contributed by atoms with Crippen LogP contribution in [-0.4, -0.2) is 29.8 Å². The number of hydrogen-bond donors (Lipinski definition) is 1. The zero-order valence-corrected chi connectivity index (χ0v) is 14.8. The summed E-state index contributed by atoms with van der Waals surface area (Å²) in [5.41, 5.74) is 3.01. The Labute approximate surface area is 148 Å². The number of para-hydroxylation sites is 1. The average Bonchev–Trinajstić information content (AvgIpc) is 2.64. The van der Waals surface area contributed by atoms with Gasteiger partial charge in [0.2, 0.25) is 0 Å². The van der Waals surface area contributed by atoms with Crippen molar-refractivity contribution in [2.75, 3.05) is 18.4 Å². The zero-order chi connectivity index (χ0) is 17.8. The van der Waals surface area contributed by atoms with Crippen LogP contribution in [0.4, 0.5) is 5.69 Å². The van der Waals surface area contributed by atoms with Gasteiger partial charge >= 0.3 is 0 Å². The van der Waals surface area contributed by atoms with Gasteiger partial charge in [0.15, 0.2) is 0 Å².